The Kier molecular flexibility index (Phi) is 5.34. The van der Waals surface area contributed by atoms with Crippen molar-refractivity contribution >= 4 is 11.7 Å². The molecule has 0 atom stereocenters. The first-order valence-electron chi connectivity index (χ1n) is 6.52. The number of rotatable bonds is 5. The summed E-state index contributed by atoms with van der Waals surface area (Å²) in [6.07, 6.45) is 0.00740. The predicted octanol–water partition coefficient (Wildman–Crippen LogP) is 2.74. The molecule has 2 rings (SSSR count). The molecule has 122 valence electrons. The SMILES string of the molecule is O=C(NCc1cccnc1)Nc1ccnc(OCC(F)(F)F)c1. The number of nitrogens with one attached hydrogen (secondary N) is 2. The van der Waals surface area contributed by atoms with Crippen molar-refractivity contribution in [2.75, 3.05) is 11.9 Å². The molecule has 0 spiro atoms. The van der Waals surface area contributed by atoms with Crippen LogP contribution >= 0.6 is 0 Å². The lowest BCUT2D eigenvalue weighted by molar-refractivity contribution is -0.154. The molecule has 0 aromatic carbocycles. The van der Waals surface area contributed by atoms with Crippen molar-refractivity contribution in [3.05, 3.63) is 48.4 Å². The highest BCUT2D eigenvalue weighted by Crippen LogP contribution is 2.19. The van der Waals surface area contributed by atoms with Gasteiger partial charge in [0.05, 0.1) is 0 Å². The van der Waals surface area contributed by atoms with Gasteiger partial charge in [0, 0.05) is 36.9 Å². The average molecular weight is 326 g/mol. The summed E-state index contributed by atoms with van der Waals surface area (Å²) in [6, 6.07) is 5.66. The molecule has 0 aliphatic rings. The molecule has 2 aromatic heterocycles. The molecule has 0 aliphatic carbocycles. The average Bonchev–Trinajstić information content (AvgIpc) is 2.52. The quantitative estimate of drug-likeness (QED) is 0.886. The second kappa shape index (κ2) is 7.43. The van der Waals surface area contributed by atoms with E-state index < -0.39 is 18.8 Å². The summed E-state index contributed by atoms with van der Waals surface area (Å²) in [4.78, 5) is 19.3. The third kappa shape index (κ3) is 6.20. The van der Waals surface area contributed by atoms with Crippen LogP contribution in [0.15, 0.2) is 42.9 Å². The molecule has 2 N–H and O–H groups in total. The molecule has 2 aromatic rings. The largest absolute Gasteiger partial charge is 0.468 e. The number of hydrogen-bond acceptors (Lipinski definition) is 4. The van der Waals surface area contributed by atoms with E-state index in [-0.39, 0.29) is 18.1 Å². The van der Waals surface area contributed by atoms with Crippen LogP contribution in [0.2, 0.25) is 0 Å². The van der Waals surface area contributed by atoms with Gasteiger partial charge in [0.25, 0.3) is 0 Å². The second-order valence-electron chi connectivity index (χ2n) is 4.46. The summed E-state index contributed by atoms with van der Waals surface area (Å²) in [5, 5.41) is 5.07. The number of nitrogens with zero attached hydrogens (tertiary/aromatic N) is 2. The van der Waals surface area contributed by atoms with Gasteiger partial charge in [-0.25, -0.2) is 9.78 Å². The van der Waals surface area contributed by atoms with Gasteiger partial charge in [0.15, 0.2) is 6.61 Å². The minimum atomic E-state index is -4.45. The Balaban J connectivity index is 1.86. The first kappa shape index (κ1) is 16.5. The van der Waals surface area contributed by atoms with Crippen molar-refractivity contribution < 1.29 is 22.7 Å². The van der Waals surface area contributed by atoms with Crippen LogP contribution in [0.1, 0.15) is 5.56 Å². The van der Waals surface area contributed by atoms with Crippen LogP contribution in [0.25, 0.3) is 0 Å². The van der Waals surface area contributed by atoms with Crippen molar-refractivity contribution in [1.82, 2.24) is 15.3 Å². The van der Waals surface area contributed by atoms with E-state index in [0.717, 1.165) is 5.56 Å². The van der Waals surface area contributed by atoms with Crippen LogP contribution in [0.3, 0.4) is 0 Å². The molecule has 0 saturated carbocycles. The van der Waals surface area contributed by atoms with Gasteiger partial charge < -0.3 is 15.4 Å². The monoisotopic (exact) mass is 326 g/mol. The highest BCUT2D eigenvalue weighted by Gasteiger charge is 2.28. The van der Waals surface area contributed by atoms with E-state index in [0.29, 0.717) is 0 Å². The Labute approximate surface area is 129 Å². The van der Waals surface area contributed by atoms with E-state index in [9.17, 15) is 18.0 Å². The summed E-state index contributed by atoms with van der Waals surface area (Å²) in [6.45, 7) is -1.18. The smallest absolute Gasteiger partial charge is 0.422 e. The van der Waals surface area contributed by atoms with Gasteiger partial charge in [-0.05, 0) is 17.7 Å². The Morgan fingerprint density at radius 3 is 2.78 bits per heavy atom. The maximum Gasteiger partial charge on any atom is 0.422 e. The summed E-state index contributed by atoms with van der Waals surface area (Å²) in [5.74, 6) is -0.229. The number of hydrogen-bond donors (Lipinski definition) is 2. The molecule has 0 fully saturated rings. The Morgan fingerprint density at radius 2 is 2.09 bits per heavy atom. The van der Waals surface area contributed by atoms with Gasteiger partial charge >= 0.3 is 12.2 Å². The van der Waals surface area contributed by atoms with Crippen LogP contribution in [-0.2, 0) is 6.54 Å². The number of aromatic nitrogens is 2. The van der Waals surface area contributed by atoms with E-state index in [4.69, 9.17) is 0 Å². The van der Waals surface area contributed by atoms with Crippen molar-refractivity contribution in [1.29, 1.82) is 0 Å². The lowest BCUT2D eigenvalue weighted by Gasteiger charge is -2.10. The van der Waals surface area contributed by atoms with Gasteiger partial charge in [-0.2, -0.15) is 13.2 Å². The Bertz CT molecular complexity index is 650. The molecule has 2 heterocycles. The molecule has 6 nitrogen and oxygen atoms in total. The number of urea groups is 1. The minimum absolute atomic E-state index is 0.229. The fourth-order valence-corrected chi connectivity index (χ4v) is 1.58. The van der Waals surface area contributed by atoms with E-state index >= 15 is 0 Å². The van der Waals surface area contributed by atoms with Crippen LogP contribution in [0.5, 0.6) is 5.88 Å². The highest BCUT2D eigenvalue weighted by molar-refractivity contribution is 5.89. The van der Waals surface area contributed by atoms with E-state index in [1.54, 1.807) is 24.5 Å². The topological polar surface area (TPSA) is 76.1 Å². The standard InChI is InChI=1S/C14H13F3N4O2/c15-14(16,17)9-23-12-6-11(3-5-19-12)21-13(22)20-8-10-2-1-4-18-7-10/h1-7H,8-9H2,(H2,19,20,21,22). The highest BCUT2D eigenvalue weighted by atomic mass is 19.4. The second-order valence-corrected chi connectivity index (χ2v) is 4.46. The Hall–Kier alpha value is -2.84. The zero-order valence-electron chi connectivity index (χ0n) is 11.8. The zero-order chi connectivity index (χ0) is 16.7. The van der Waals surface area contributed by atoms with Gasteiger partial charge in [0.2, 0.25) is 5.88 Å². The van der Waals surface area contributed by atoms with E-state index in [1.807, 2.05) is 0 Å². The fourth-order valence-electron chi connectivity index (χ4n) is 1.58. The van der Waals surface area contributed by atoms with Gasteiger partial charge in [0.1, 0.15) is 0 Å². The lowest BCUT2D eigenvalue weighted by atomic mass is 10.3. The molecule has 0 aliphatic heterocycles. The Morgan fingerprint density at radius 1 is 1.26 bits per heavy atom. The number of amides is 2. The summed E-state index contributed by atoms with van der Waals surface area (Å²) in [7, 11) is 0. The first-order valence-corrected chi connectivity index (χ1v) is 6.52. The zero-order valence-corrected chi connectivity index (χ0v) is 11.8. The van der Waals surface area contributed by atoms with Crippen molar-refractivity contribution in [3.63, 3.8) is 0 Å². The molecule has 0 saturated heterocycles. The number of ether oxygens (including phenoxy) is 1. The molecular formula is C14H13F3N4O2. The van der Waals surface area contributed by atoms with Crippen molar-refractivity contribution in [3.8, 4) is 5.88 Å². The van der Waals surface area contributed by atoms with E-state index in [2.05, 4.69) is 25.3 Å². The maximum atomic E-state index is 12.1. The summed E-state index contributed by atoms with van der Waals surface area (Å²) >= 11 is 0. The number of anilines is 1. The van der Waals surface area contributed by atoms with Crippen molar-refractivity contribution in [2.45, 2.75) is 12.7 Å². The molecule has 0 bridgehead atoms. The van der Waals surface area contributed by atoms with Gasteiger partial charge in [-0.3, -0.25) is 4.98 Å². The van der Waals surface area contributed by atoms with E-state index in [1.165, 1.54) is 18.3 Å². The van der Waals surface area contributed by atoms with Gasteiger partial charge in [-0.1, -0.05) is 6.07 Å². The molecule has 23 heavy (non-hydrogen) atoms. The lowest BCUT2D eigenvalue weighted by Crippen LogP contribution is -2.28. The summed E-state index contributed by atoms with van der Waals surface area (Å²) < 4.78 is 40.7. The molecular weight excluding hydrogens is 313 g/mol. The number of carbonyl (C=O) groups excluding carboxylic acids is 1. The molecule has 2 amide bonds. The summed E-state index contributed by atoms with van der Waals surface area (Å²) in [5.41, 5.74) is 1.08. The third-order valence-corrected chi connectivity index (χ3v) is 2.55. The molecule has 0 radical (unpaired) electrons. The molecule has 9 heteroatoms. The minimum Gasteiger partial charge on any atom is -0.468 e. The predicted molar refractivity (Wildman–Crippen MR) is 75.9 cm³/mol. The maximum absolute atomic E-state index is 12.1. The number of halogens is 3. The van der Waals surface area contributed by atoms with Crippen LogP contribution in [0, 0.1) is 0 Å². The fraction of sp³-hybridized carbons (Fsp3) is 0.214. The third-order valence-electron chi connectivity index (χ3n) is 2.55. The number of alkyl halides is 3. The normalized spacial score (nSPS) is 10.9. The molecule has 0 unspecified atom stereocenters. The van der Waals surface area contributed by atoms with Crippen LogP contribution < -0.4 is 15.4 Å². The van der Waals surface area contributed by atoms with Gasteiger partial charge in [-0.15, -0.1) is 0 Å². The van der Waals surface area contributed by atoms with Crippen molar-refractivity contribution in [2.24, 2.45) is 0 Å². The number of carbonyl (C=O) groups is 1. The first-order chi connectivity index (χ1) is 10.9. The number of pyridine rings is 2. The van der Waals surface area contributed by atoms with Crippen LogP contribution in [-0.4, -0.2) is 28.8 Å². The van der Waals surface area contributed by atoms with Crippen LogP contribution in [0.4, 0.5) is 23.7 Å².